The SMILES string of the molecule is CC1CCC(C(N)=O)CN1C(=O)C(N)c1cnn(C)c1. The third-order valence-electron chi connectivity index (χ3n) is 3.92. The van der Waals surface area contributed by atoms with Crippen LogP contribution in [0.5, 0.6) is 0 Å². The molecule has 2 heterocycles. The summed E-state index contributed by atoms with van der Waals surface area (Å²) in [6, 6.07) is -0.682. The van der Waals surface area contributed by atoms with Crippen LogP contribution in [0, 0.1) is 5.92 Å². The van der Waals surface area contributed by atoms with Gasteiger partial charge in [-0.05, 0) is 19.8 Å². The van der Waals surface area contributed by atoms with E-state index in [-0.39, 0.29) is 23.8 Å². The van der Waals surface area contributed by atoms with Crippen LogP contribution in [0.2, 0.25) is 0 Å². The Hall–Kier alpha value is -1.89. The van der Waals surface area contributed by atoms with Crippen LogP contribution in [0.1, 0.15) is 31.4 Å². The van der Waals surface area contributed by atoms with Gasteiger partial charge in [0.25, 0.3) is 0 Å². The van der Waals surface area contributed by atoms with Crippen molar-refractivity contribution in [2.45, 2.75) is 31.8 Å². The summed E-state index contributed by atoms with van der Waals surface area (Å²) in [5, 5.41) is 4.02. The van der Waals surface area contributed by atoms with Gasteiger partial charge in [0, 0.05) is 31.4 Å². The van der Waals surface area contributed by atoms with E-state index in [1.54, 1.807) is 29.0 Å². The number of hydrogen-bond donors (Lipinski definition) is 2. The second-order valence-electron chi connectivity index (χ2n) is 5.44. The molecule has 7 nitrogen and oxygen atoms in total. The van der Waals surface area contributed by atoms with Crippen molar-refractivity contribution in [1.29, 1.82) is 0 Å². The predicted octanol–water partition coefficient (Wildman–Crippen LogP) is -0.468. The normalized spacial score (nSPS) is 24.4. The average molecular weight is 279 g/mol. The minimum absolute atomic E-state index is 0.0702. The molecule has 1 saturated heterocycles. The van der Waals surface area contributed by atoms with E-state index in [0.29, 0.717) is 12.1 Å². The van der Waals surface area contributed by atoms with Crippen LogP contribution in [0.15, 0.2) is 12.4 Å². The Balaban J connectivity index is 2.12. The number of piperidine rings is 1. The highest BCUT2D eigenvalue weighted by atomic mass is 16.2. The van der Waals surface area contributed by atoms with Gasteiger partial charge in [-0.15, -0.1) is 0 Å². The number of amides is 2. The van der Waals surface area contributed by atoms with Crippen molar-refractivity contribution in [3.05, 3.63) is 18.0 Å². The second kappa shape index (κ2) is 5.62. The van der Waals surface area contributed by atoms with Crippen LogP contribution in [0.4, 0.5) is 0 Å². The topological polar surface area (TPSA) is 107 Å². The summed E-state index contributed by atoms with van der Waals surface area (Å²) in [7, 11) is 1.77. The fourth-order valence-electron chi connectivity index (χ4n) is 2.57. The highest BCUT2D eigenvalue weighted by Gasteiger charge is 2.34. The number of likely N-dealkylation sites (tertiary alicyclic amines) is 1. The molecule has 2 amide bonds. The van der Waals surface area contributed by atoms with Crippen LogP contribution in [-0.2, 0) is 16.6 Å². The molecule has 0 aromatic carbocycles. The monoisotopic (exact) mass is 279 g/mol. The fourth-order valence-corrected chi connectivity index (χ4v) is 2.57. The molecule has 4 N–H and O–H groups in total. The van der Waals surface area contributed by atoms with Gasteiger partial charge in [0.05, 0.1) is 12.1 Å². The number of aryl methyl sites for hydroxylation is 1. The van der Waals surface area contributed by atoms with E-state index in [1.807, 2.05) is 6.92 Å². The molecule has 1 aliphatic rings. The number of hydrogen-bond acceptors (Lipinski definition) is 4. The molecular weight excluding hydrogens is 258 g/mol. The van der Waals surface area contributed by atoms with Crippen LogP contribution in [-0.4, -0.2) is 39.1 Å². The summed E-state index contributed by atoms with van der Waals surface area (Å²) in [5.41, 5.74) is 12.0. The standard InChI is InChI=1S/C13H21N5O2/c1-8-3-4-9(12(15)19)7-18(8)13(20)11(14)10-5-16-17(2)6-10/h5-6,8-9,11H,3-4,7,14H2,1-2H3,(H2,15,19). The van der Waals surface area contributed by atoms with Crippen LogP contribution in [0.3, 0.4) is 0 Å². The first kappa shape index (κ1) is 14.5. The molecule has 0 aliphatic carbocycles. The van der Waals surface area contributed by atoms with Crippen molar-refractivity contribution in [1.82, 2.24) is 14.7 Å². The first-order valence-electron chi connectivity index (χ1n) is 6.74. The molecule has 7 heteroatoms. The van der Waals surface area contributed by atoms with Crippen molar-refractivity contribution in [3.8, 4) is 0 Å². The predicted molar refractivity (Wildman–Crippen MR) is 73.2 cm³/mol. The largest absolute Gasteiger partial charge is 0.369 e. The number of aromatic nitrogens is 2. The Kier molecular flexibility index (Phi) is 4.08. The number of rotatable bonds is 3. The molecule has 3 atom stereocenters. The van der Waals surface area contributed by atoms with Gasteiger partial charge in [0.15, 0.2) is 0 Å². The Bertz CT molecular complexity index is 513. The van der Waals surface area contributed by atoms with Crippen molar-refractivity contribution in [2.24, 2.45) is 24.4 Å². The number of nitrogens with zero attached hydrogens (tertiary/aromatic N) is 3. The van der Waals surface area contributed by atoms with Gasteiger partial charge < -0.3 is 16.4 Å². The maximum absolute atomic E-state index is 12.5. The van der Waals surface area contributed by atoms with Gasteiger partial charge >= 0.3 is 0 Å². The molecule has 110 valence electrons. The molecule has 1 aromatic rings. The molecule has 2 rings (SSSR count). The molecule has 1 fully saturated rings. The third-order valence-corrected chi connectivity index (χ3v) is 3.92. The lowest BCUT2D eigenvalue weighted by molar-refractivity contribution is -0.139. The Morgan fingerprint density at radius 3 is 2.70 bits per heavy atom. The molecule has 0 radical (unpaired) electrons. The highest BCUT2D eigenvalue weighted by molar-refractivity contribution is 5.84. The van der Waals surface area contributed by atoms with Crippen LogP contribution >= 0.6 is 0 Å². The van der Waals surface area contributed by atoms with E-state index in [1.165, 1.54) is 0 Å². The lowest BCUT2D eigenvalue weighted by Crippen LogP contribution is -2.51. The van der Waals surface area contributed by atoms with Crippen molar-refractivity contribution < 1.29 is 9.59 Å². The zero-order chi connectivity index (χ0) is 14.9. The first-order chi connectivity index (χ1) is 9.40. The Morgan fingerprint density at radius 1 is 1.45 bits per heavy atom. The molecular formula is C13H21N5O2. The van der Waals surface area contributed by atoms with Gasteiger partial charge in [0.1, 0.15) is 6.04 Å². The smallest absolute Gasteiger partial charge is 0.244 e. The summed E-state index contributed by atoms with van der Waals surface area (Å²) in [4.78, 5) is 25.5. The summed E-state index contributed by atoms with van der Waals surface area (Å²) >= 11 is 0. The summed E-state index contributed by atoms with van der Waals surface area (Å²) in [5.74, 6) is -0.822. The van der Waals surface area contributed by atoms with Crippen molar-refractivity contribution in [2.75, 3.05) is 6.54 Å². The van der Waals surface area contributed by atoms with Gasteiger partial charge in [-0.25, -0.2) is 0 Å². The second-order valence-corrected chi connectivity index (χ2v) is 5.44. The van der Waals surface area contributed by atoms with E-state index in [0.717, 1.165) is 12.8 Å². The van der Waals surface area contributed by atoms with E-state index in [2.05, 4.69) is 5.10 Å². The minimum Gasteiger partial charge on any atom is -0.369 e. The molecule has 1 aliphatic heterocycles. The number of carbonyl (C=O) groups is 2. The first-order valence-corrected chi connectivity index (χ1v) is 6.74. The molecule has 1 aromatic heterocycles. The van der Waals surface area contributed by atoms with Gasteiger partial charge in [0.2, 0.25) is 11.8 Å². The Labute approximate surface area is 117 Å². The van der Waals surface area contributed by atoms with E-state index in [9.17, 15) is 9.59 Å². The average Bonchev–Trinajstić information content (AvgIpc) is 2.84. The maximum atomic E-state index is 12.5. The van der Waals surface area contributed by atoms with Gasteiger partial charge in [-0.2, -0.15) is 5.10 Å². The zero-order valence-electron chi connectivity index (χ0n) is 11.8. The van der Waals surface area contributed by atoms with Gasteiger partial charge in [-0.3, -0.25) is 14.3 Å². The summed E-state index contributed by atoms with van der Waals surface area (Å²) < 4.78 is 1.61. The lowest BCUT2D eigenvalue weighted by Gasteiger charge is -2.38. The van der Waals surface area contributed by atoms with E-state index < -0.39 is 6.04 Å². The number of primary amides is 1. The zero-order valence-corrected chi connectivity index (χ0v) is 11.8. The number of carbonyl (C=O) groups excluding carboxylic acids is 2. The Morgan fingerprint density at radius 2 is 2.15 bits per heavy atom. The summed E-state index contributed by atoms with van der Waals surface area (Å²) in [6.45, 7) is 2.31. The molecule has 3 unspecified atom stereocenters. The minimum atomic E-state index is -0.752. The van der Waals surface area contributed by atoms with E-state index in [4.69, 9.17) is 11.5 Å². The molecule has 0 bridgehead atoms. The van der Waals surface area contributed by atoms with Crippen LogP contribution in [0.25, 0.3) is 0 Å². The third kappa shape index (κ3) is 2.82. The van der Waals surface area contributed by atoms with Crippen molar-refractivity contribution >= 4 is 11.8 Å². The molecule has 20 heavy (non-hydrogen) atoms. The highest BCUT2D eigenvalue weighted by Crippen LogP contribution is 2.24. The summed E-state index contributed by atoms with van der Waals surface area (Å²) in [6.07, 6.45) is 4.80. The lowest BCUT2D eigenvalue weighted by atomic mass is 9.92. The van der Waals surface area contributed by atoms with Gasteiger partial charge in [-0.1, -0.05) is 0 Å². The molecule has 0 spiro atoms. The quantitative estimate of drug-likeness (QED) is 0.780. The number of nitrogens with two attached hydrogens (primary N) is 2. The fraction of sp³-hybridized carbons (Fsp3) is 0.615. The van der Waals surface area contributed by atoms with Crippen LogP contribution < -0.4 is 11.5 Å². The van der Waals surface area contributed by atoms with E-state index >= 15 is 0 Å². The van der Waals surface area contributed by atoms with Crippen molar-refractivity contribution in [3.63, 3.8) is 0 Å². The maximum Gasteiger partial charge on any atom is 0.244 e. The molecule has 0 saturated carbocycles.